The van der Waals surface area contributed by atoms with Crippen molar-refractivity contribution in [2.45, 2.75) is 25.4 Å². The number of carbonyl (C=O) groups excluding carboxylic acids is 1. The minimum atomic E-state index is -1.14. The van der Waals surface area contributed by atoms with Crippen molar-refractivity contribution in [1.82, 2.24) is 9.88 Å². The van der Waals surface area contributed by atoms with Gasteiger partial charge in [0.1, 0.15) is 11.5 Å². The summed E-state index contributed by atoms with van der Waals surface area (Å²) in [5.41, 5.74) is 0.648. The molecule has 0 unspecified atom stereocenters. The molecule has 0 aliphatic heterocycles. The molecule has 2 aromatic rings. The van der Waals surface area contributed by atoms with Gasteiger partial charge in [0.05, 0.1) is 5.56 Å². The number of aromatic nitrogens is 1. The van der Waals surface area contributed by atoms with Crippen LogP contribution in [0.3, 0.4) is 0 Å². The summed E-state index contributed by atoms with van der Waals surface area (Å²) in [5.74, 6) is -1.75. The lowest BCUT2D eigenvalue weighted by Crippen LogP contribution is -2.33. The molecule has 5 nitrogen and oxygen atoms in total. The fraction of sp³-hybridized carbons (Fsp3) is 0.235. The van der Waals surface area contributed by atoms with Gasteiger partial charge in [0.25, 0.3) is 5.91 Å². The molecule has 3 rings (SSSR count). The summed E-state index contributed by atoms with van der Waals surface area (Å²) >= 11 is 0. The molecule has 1 fully saturated rings. The Balaban J connectivity index is 1.82. The van der Waals surface area contributed by atoms with Crippen LogP contribution in [0.2, 0.25) is 0 Å². The molecule has 0 saturated heterocycles. The zero-order chi connectivity index (χ0) is 16.4. The van der Waals surface area contributed by atoms with Crippen LogP contribution in [-0.2, 0) is 6.54 Å². The molecule has 0 spiro atoms. The van der Waals surface area contributed by atoms with Gasteiger partial charge in [0.2, 0.25) is 0 Å². The average Bonchev–Trinajstić information content (AvgIpc) is 3.38. The average molecular weight is 314 g/mol. The van der Waals surface area contributed by atoms with E-state index in [4.69, 9.17) is 5.11 Å². The van der Waals surface area contributed by atoms with Gasteiger partial charge in [0.15, 0.2) is 0 Å². The standard InChI is InChI=1S/C17H15FN2O3/c18-14-4-2-1-3-12(14)10-20(13-6-7-13)16(21)11-5-8-15(17(22)23)19-9-11/h1-5,8-9,13H,6-7,10H2,(H,22,23). The minimum Gasteiger partial charge on any atom is -0.477 e. The molecule has 1 heterocycles. The van der Waals surface area contributed by atoms with Crippen LogP contribution in [0.5, 0.6) is 0 Å². The summed E-state index contributed by atoms with van der Waals surface area (Å²) in [4.78, 5) is 28.8. The molecule has 0 radical (unpaired) electrons. The Kier molecular flexibility index (Phi) is 4.06. The zero-order valence-corrected chi connectivity index (χ0v) is 12.3. The van der Waals surface area contributed by atoms with Crippen LogP contribution in [0.15, 0.2) is 42.6 Å². The van der Waals surface area contributed by atoms with Gasteiger partial charge in [0, 0.05) is 24.3 Å². The van der Waals surface area contributed by atoms with E-state index in [1.165, 1.54) is 24.4 Å². The number of carboxylic acids is 1. The normalized spacial score (nSPS) is 13.6. The maximum Gasteiger partial charge on any atom is 0.354 e. The van der Waals surface area contributed by atoms with Gasteiger partial charge in [-0.1, -0.05) is 18.2 Å². The summed E-state index contributed by atoms with van der Waals surface area (Å²) in [5, 5.41) is 8.85. The Morgan fingerprint density at radius 1 is 1.22 bits per heavy atom. The Hall–Kier alpha value is -2.76. The first-order valence-electron chi connectivity index (χ1n) is 7.30. The van der Waals surface area contributed by atoms with Crippen molar-refractivity contribution in [3.8, 4) is 0 Å². The van der Waals surface area contributed by atoms with Gasteiger partial charge in [-0.15, -0.1) is 0 Å². The van der Waals surface area contributed by atoms with Crippen molar-refractivity contribution in [2.75, 3.05) is 0 Å². The van der Waals surface area contributed by atoms with Crippen molar-refractivity contribution < 1.29 is 19.1 Å². The Labute approximate surface area is 132 Å². The fourth-order valence-corrected chi connectivity index (χ4v) is 2.38. The van der Waals surface area contributed by atoms with Gasteiger partial charge < -0.3 is 10.0 Å². The van der Waals surface area contributed by atoms with Crippen LogP contribution >= 0.6 is 0 Å². The van der Waals surface area contributed by atoms with Crippen LogP contribution in [0.1, 0.15) is 39.3 Å². The van der Waals surface area contributed by atoms with Gasteiger partial charge >= 0.3 is 5.97 Å². The summed E-state index contributed by atoms with van der Waals surface area (Å²) in [6.07, 6.45) is 3.03. The van der Waals surface area contributed by atoms with E-state index in [-0.39, 0.29) is 30.0 Å². The minimum absolute atomic E-state index is 0.0984. The predicted octanol–water partition coefficient (Wildman–Crippen LogP) is 2.72. The Morgan fingerprint density at radius 2 is 1.96 bits per heavy atom. The van der Waals surface area contributed by atoms with E-state index < -0.39 is 5.97 Å². The lowest BCUT2D eigenvalue weighted by molar-refractivity contribution is 0.0685. The van der Waals surface area contributed by atoms with Gasteiger partial charge in [-0.05, 0) is 31.0 Å². The number of carbonyl (C=O) groups is 2. The van der Waals surface area contributed by atoms with Gasteiger partial charge in [-0.25, -0.2) is 14.2 Å². The molecule has 1 aromatic heterocycles. The molecule has 1 aliphatic carbocycles. The number of hydrogen-bond acceptors (Lipinski definition) is 3. The van der Waals surface area contributed by atoms with Crippen LogP contribution in [0, 0.1) is 5.82 Å². The number of aromatic carboxylic acids is 1. The second-order valence-electron chi connectivity index (χ2n) is 5.49. The summed E-state index contributed by atoms with van der Waals surface area (Å²) < 4.78 is 13.8. The Morgan fingerprint density at radius 3 is 2.52 bits per heavy atom. The van der Waals surface area contributed by atoms with Crippen LogP contribution in [-0.4, -0.2) is 32.9 Å². The molecule has 0 bridgehead atoms. The molecule has 1 aliphatic rings. The molecule has 23 heavy (non-hydrogen) atoms. The molecule has 1 N–H and O–H groups in total. The number of hydrogen-bond donors (Lipinski definition) is 1. The quantitative estimate of drug-likeness (QED) is 0.921. The molecule has 1 amide bonds. The number of rotatable bonds is 5. The molecule has 1 aromatic carbocycles. The smallest absolute Gasteiger partial charge is 0.354 e. The molecule has 6 heteroatoms. The number of carboxylic acid groups (broad SMARTS) is 1. The fourth-order valence-electron chi connectivity index (χ4n) is 2.38. The van der Waals surface area contributed by atoms with Crippen LogP contribution in [0.4, 0.5) is 4.39 Å². The first kappa shape index (κ1) is 15.1. The topological polar surface area (TPSA) is 70.5 Å². The summed E-state index contributed by atoms with van der Waals surface area (Å²) in [6.45, 7) is 0.191. The van der Waals surface area contributed by atoms with E-state index in [0.29, 0.717) is 11.1 Å². The van der Waals surface area contributed by atoms with E-state index in [1.54, 1.807) is 23.1 Å². The van der Waals surface area contributed by atoms with Crippen LogP contribution < -0.4 is 0 Å². The molecular formula is C17H15FN2O3. The Bertz CT molecular complexity index is 742. The monoisotopic (exact) mass is 314 g/mol. The number of benzene rings is 1. The van der Waals surface area contributed by atoms with Crippen molar-refractivity contribution in [1.29, 1.82) is 0 Å². The van der Waals surface area contributed by atoms with Gasteiger partial charge in [-0.3, -0.25) is 4.79 Å². The number of halogens is 1. The van der Waals surface area contributed by atoms with E-state index in [9.17, 15) is 14.0 Å². The summed E-state index contributed by atoms with van der Waals surface area (Å²) in [6, 6.07) is 9.20. The van der Waals surface area contributed by atoms with Crippen molar-refractivity contribution in [2.24, 2.45) is 0 Å². The van der Waals surface area contributed by atoms with Crippen molar-refractivity contribution in [3.05, 3.63) is 65.2 Å². The first-order valence-corrected chi connectivity index (χ1v) is 7.30. The van der Waals surface area contributed by atoms with Crippen molar-refractivity contribution in [3.63, 3.8) is 0 Å². The maximum absolute atomic E-state index is 13.8. The third-order valence-corrected chi connectivity index (χ3v) is 3.78. The van der Waals surface area contributed by atoms with Crippen LogP contribution in [0.25, 0.3) is 0 Å². The lowest BCUT2D eigenvalue weighted by atomic mass is 10.1. The second-order valence-corrected chi connectivity index (χ2v) is 5.49. The highest BCUT2D eigenvalue weighted by molar-refractivity contribution is 5.95. The first-order chi connectivity index (χ1) is 11.1. The number of pyridine rings is 1. The third kappa shape index (κ3) is 3.36. The molecule has 1 saturated carbocycles. The molecule has 118 valence electrons. The largest absolute Gasteiger partial charge is 0.477 e. The second kappa shape index (κ2) is 6.16. The van der Waals surface area contributed by atoms with Gasteiger partial charge in [-0.2, -0.15) is 0 Å². The van der Waals surface area contributed by atoms with E-state index in [2.05, 4.69) is 4.98 Å². The highest BCUT2D eigenvalue weighted by atomic mass is 19.1. The third-order valence-electron chi connectivity index (χ3n) is 3.78. The molecular weight excluding hydrogens is 299 g/mol. The number of nitrogens with zero attached hydrogens (tertiary/aromatic N) is 2. The summed E-state index contributed by atoms with van der Waals surface area (Å²) in [7, 11) is 0. The maximum atomic E-state index is 13.8. The highest BCUT2D eigenvalue weighted by Gasteiger charge is 2.33. The zero-order valence-electron chi connectivity index (χ0n) is 12.3. The van der Waals surface area contributed by atoms with Crippen molar-refractivity contribution >= 4 is 11.9 Å². The lowest BCUT2D eigenvalue weighted by Gasteiger charge is -2.22. The van der Waals surface area contributed by atoms with E-state index in [1.807, 2.05) is 0 Å². The highest BCUT2D eigenvalue weighted by Crippen LogP contribution is 2.30. The SMILES string of the molecule is O=C(O)c1ccc(C(=O)N(Cc2ccccc2F)C2CC2)cn1. The number of amides is 1. The van der Waals surface area contributed by atoms with E-state index in [0.717, 1.165) is 12.8 Å². The van der Waals surface area contributed by atoms with E-state index >= 15 is 0 Å². The predicted molar refractivity (Wildman–Crippen MR) is 80.5 cm³/mol. The molecule has 0 atom stereocenters.